The molecule has 1 aromatic carbocycles. The van der Waals surface area contributed by atoms with Gasteiger partial charge in [-0.3, -0.25) is 4.79 Å². The van der Waals surface area contributed by atoms with Gasteiger partial charge in [0.15, 0.2) is 4.77 Å². The van der Waals surface area contributed by atoms with Crippen LogP contribution in [0.2, 0.25) is 5.02 Å². The smallest absolute Gasteiger partial charge is 0.219 e. The number of benzene rings is 1. The third-order valence-electron chi connectivity index (χ3n) is 3.66. The van der Waals surface area contributed by atoms with Crippen LogP contribution in [0, 0.1) is 4.77 Å². The molecule has 0 spiro atoms. The van der Waals surface area contributed by atoms with Crippen LogP contribution in [0.5, 0.6) is 0 Å². The molecule has 0 saturated heterocycles. The highest BCUT2D eigenvalue weighted by molar-refractivity contribution is 7.71. The van der Waals surface area contributed by atoms with Gasteiger partial charge in [-0.2, -0.15) is 0 Å². The summed E-state index contributed by atoms with van der Waals surface area (Å²) in [5.41, 5.74) is 3.89. The van der Waals surface area contributed by atoms with Crippen molar-refractivity contribution in [1.82, 2.24) is 14.9 Å². The zero-order valence-electron chi connectivity index (χ0n) is 12.0. The molecule has 0 radical (unpaired) electrons. The van der Waals surface area contributed by atoms with E-state index in [1.807, 2.05) is 29.2 Å². The first kappa shape index (κ1) is 16.6. The lowest BCUT2D eigenvalue weighted by atomic mass is 9.99. The Morgan fingerprint density at radius 2 is 2.05 bits per heavy atom. The molecule has 116 valence electrons. The molecular formula is C15H16ClN3O2S. The Balaban J connectivity index is 0.00000176. The number of aromatic nitrogens is 2. The lowest BCUT2D eigenvalue weighted by molar-refractivity contribution is -0.129. The SMILES string of the molecule is CC(=O)N1CCc2[nH]c(=S)nc(-c3ccc(Cl)cc3)c2C1.O. The molecule has 0 atom stereocenters. The van der Waals surface area contributed by atoms with Crippen LogP contribution < -0.4 is 0 Å². The van der Waals surface area contributed by atoms with Gasteiger partial charge in [0.05, 0.1) is 5.69 Å². The van der Waals surface area contributed by atoms with E-state index in [1.54, 1.807) is 6.92 Å². The van der Waals surface area contributed by atoms with E-state index >= 15 is 0 Å². The monoisotopic (exact) mass is 337 g/mol. The minimum atomic E-state index is 0. The molecule has 0 fully saturated rings. The van der Waals surface area contributed by atoms with Crippen molar-refractivity contribution in [2.45, 2.75) is 19.9 Å². The fraction of sp³-hybridized carbons (Fsp3) is 0.267. The zero-order chi connectivity index (χ0) is 15.0. The lowest BCUT2D eigenvalue weighted by Crippen LogP contribution is -2.35. The normalized spacial score (nSPS) is 13.3. The van der Waals surface area contributed by atoms with E-state index in [2.05, 4.69) is 9.97 Å². The predicted molar refractivity (Wildman–Crippen MR) is 88.3 cm³/mol. The van der Waals surface area contributed by atoms with Crippen molar-refractivity contribution in [3.63, 3.8) is 0 Å². The standard InChI is InChI=1S/C15H14ClN3OS.H2O/c1-9(20)19-7-6-13-12(8-19)14(18-15(21)17-13)10-2-4-11(16)5-3-10;/h2-5H,6-8H2,1H3,(H,17,18,21);1H2. The van der Waals surface area contributed by atoms with E-state index in [1.165, 1.54) is 0 Å². The van der Waals surface area contributed by atoms with E-state index in [0.29, 0.717) is 22.9 Å². The topological polar surface area (TPSA) is 80.5 Å². The average Bonchev–Trinajstić information content (AvgIpc) is 2.46. The Morgan fingerprint density at radius 1 is 1.36 bits per heavy atom. The van der Waals surface area contributed by atoms with E-state index < -0.39 is 0 Å². The fourth-order valence-corrected chi connectivity index (χ4v) is 2.90. The van der Waals surface area contributed by atoms with Gasteiger partial charge in [0.2, 0.25) is 5.91 Å². The summed E-state index contributed by atoms with van der Waals surface area (Å²) < 4.78 is 0.468. The van der Waals surface area contributed by atoms with Crippen LogP contribution in [-0.4, -0.2) is 32.8 Å². The number of nitrogens with one attached hydrogen (secondary N) is 1. The van der Waals surface area contributed by atoms with Gasteiger partial charge >= 0.3 is 0 Å². The van der Waals surface area contributed by atoms with Gasteiger partial charge in [-0.15, -0.1) is 0 Å². The number of amides is 1. The van der Waals surface area contributed by atoms with E-state index in [9.17, 15) is 4.79 Å². The summed E-state index contributed by atoms with van der Waals surface area (Å²) in [5, 5.41) is 0.680. The maximum absolute atomic E-state index is 11.6. The van der Waals surface area contributed by atoms with Gasteiger partial charge < -0.3 is 15.4 Å². The van der Waals surface area contributed by atoms with Gasteiger partial charge in [-0.1, -0.05) is 23.7 Å². The number of hydrogen-bond acceptors (Lipinski definition) is 3. The Bertz CT molecular complexity index is 758. The van der Waals surface area contributed by atoms with Gasteiger partial charge in [0.25, 0.3) is 0 Å². The summed E-state index contributed by atoms with van der Waals surface area (Å²) in [5.74, 6) is 0.0742. The van der Waals surface area contributed by atoms with Crippen molar-refractivity contribution in [2.75, 3.05) is 6.54 Å². The molecule has 2 aromatic rings. The van der Waals surface area contributed by atoms with E-state index in [-0.39, 0.29) is 11.4 Å². The van der Waals surface area contributed by atoms with Crippen LogP contribution in [0.15, 0.2) is 24.3 Å². The summed E-state index contributed by atoms with van der Waals surface area (Å²) in [4.78, 5) is 21.1. The van der Waals surface area contributed by atoms with Crippen LogP contribution in [-0.2, 0) is 17.8 Å². The van der Waals surface area contributed by atoms with Crippen LogP contribution >= 0.6 is 23.8 Å². The van der Waals surface area contributed by atoms with Crippen molar-refractivity contribution in [2.24, 2.45) is 0 Å². The van der Waals surface area contributed by atoms with Crippen LogP contribution in [0.1, 0.15) is 18.2 Å². The number of nitrogens with zero attached hydrogens (tertiary/aromatic N) is 2. The van der Waals surface area contributed by atoms with Gasteiger partial charge in [0, 0.05) is 48.3 Å². The number of fused-ring (bicyclic) bond motifs is 1. The molecular weight excluding hydrogens is 322 g/mol. The first-order chi connectivity index (χ1) is 10.0. The second-order valence-electron chi connectivity index (χ2n) is 5.05. The molecule has 7 heteroatoms. The fourth-order valence-electron chi connectivity index (χ4n) is 2.56. The van der Waals surface area contributed by atoms with Crippen LogP contribution in [0.3, 0.4) is 0 Å². The highest BCUT2D eigenvalue weighted by Gasteiger charge is 2.22. The molecule has 2 heterocycles. The van der Waals surface area contributed by atoms with Crippen LogP contribution in [0.25, 0.3) is 11.3 Å². The Hall–Kier alpha value is -1.76. The molecule has 1 amide bonds. The third kappa shape index (κ3) is 3.19. The molecule has 1 aliphatic heterocycles. The highest BCUT2D eigenvalue weighted by Crippen LogP contribution is 2.28. The average molecular weight is 338 g/mol. The molecule has 3 N–H and O–H groups in total. The largest absolute Gasteiger partial charge is 0.412 e. The number of rotatable bonds is 1. The molecule has 0 unspecified atom stereocenters. The summed E-state index contributed by atoms with van der Waals surface area (Å²) >= 11 is 11.2. The number of halogens is 1. The van der Waals surface area contributed by atoms with Crippen molar-refractivity contribution < 1.29 is 10.3 Å². The second-order valence-corrected chi connectivity index (χ2v) is 5.87. The zero-order valence-corrected chi connectivity index (χ0v) is 13.6. The van der Waals surface area contributed by atoms with Gasteiger partial charge in [-0.05, 0) is 24.4 Å². The van der Waals surface area contributed by atoms with Crippen molar-refractivity contribution in [3.05, 3.63) is 45.3 Å². The summed E-state index contributed by atoms with van der Waals surface area (Å²) in [6.07, 6.45) is 0.766. The number of hydrogen-bond donors (Lipinski definition) is 1. The van der Waals surface area contributed by atoms with Gasteiger partial charge in [-0.25, -0.2) is 4.98 Å². The lowest BCUT2D eigenvalue weighted by Gasteiger charge is -2.28. The molecule has 1 aromatic heterocycles. The number of carbonyl (C=O) groups excluding carboxylic acids is 1. The Morgan fingerprint density at radius 3 is 2.68 bits per heavy atom. The summed E-state index contributed by atoms with van der Waals surface area (Å²) in [6.45, 7) is 2.85. The quantitative estimate of drug-likeness (QED) is 0.812. The predicted octanol–water partition coefficient (Wildman–Crippen LogP) is 2.54. The van der Waals surface area contributed by atoms with E-state index in [4.69, 9.17) is 23.8 Å². The number of carbonyl (C=O) groups is 1. The minimum Gasteiger partial charge on any atom is -0.412 e. The first-order valence-corrected chi connectivity index (χ1v) is 7.47. The maximum Gasteiger partial charge on any atom is 0.219 e. The second kappa shape index (κ2) is 6.56. The van der Waals surface area contributed by atoms with Crippen molar-refractivity contribution in [1.29, 1.82) is 0 Å². The molecule has 0 saturated carbocycles. The summed E-state index contributed by atoms with van der Waals surface area (Å²) in [7, 11) is 0. The van der Waals surface area contributed by atoms with Gasteiger partial charge in [0.1, 0.15) is 0 Å². The molecule has 3 rings (SSSR count). The molecule has 1 aliphatic rings. The maximum atomic E-state index is 11.6. The number of H-pyrrole nitrogens is 1. The van der Waals surface area contributed by atoms with Crippen LogP contribution in [0.4, 0.5) is 0 Å². The molecule has 5 nitrogen and oxygen atoms in total. The van der Waals surface area contributed by atoms with Crippen molar-refractivity contribution >= 4 is 29.7 Å². The molecule has 22 heavy (non-hydrogen) atoms. The highest BCUT2D eigenvalue weighted by atomic mass is 35.5. The van der Waals surface area contributed by atoms with Crippen molar-refractivity contribution in [3.8, 4) is 11.3 Å². The minimum absolute atomic E-state index is 0. The molecule has 0 aliphatic carbocycles. The third-order valence-corrected chi connectivity index (χ3v) is 4.11. The summed E-state index contributed by atoms with van der Waals surface area (Å²) in [6, 6.07) is 7.51. The Labute approximate surface area is 138 Å². The number of aromatic amines is 1. The Kier molecular flexibility index (Phi) is 4.95. The molecule has 0 bridgehead atoms. The van der Waals surface area contributed by atoms with E-state index in [0.717, 1.165) is 28.9 Å². The first-order valence-electron chi connectivity index (χ1n) is 6.68.